The van der Waals surface area contributed by atoms with Crippen LogP contribution in [-0.2, 0) is 0 Å². The van der Waals surface area contributed by atoms with Gasteiger partial charge in [-0.25, -0.2) is 9.97 Å². The SMILES string of the molecule is c1ccc(-c2ccc3c(c2)c2cc(-c4ccccn4)c4ccccc4c2n3-c2ccc(-c3ccc4ccccc4n3)cn2)nc1. The first-order valence-corrected chi connectivity index (χ1v) is 15.0. The molecule has 0 saturated heterocycles. The minimum Gasteiger partial charge on any atom is -0.293 e. The molecule has 0 aliphatic rings. The van der Waals surface area contributed by atoms with Crippen molar-refractivity contribution in [1.29, 1.82) is 0 Å². The van der Waals surface area contributed by atoms with Crippen LogP contribution in [0.2, 0.25) is 0 Å². The largest absolute Gasteiger partial charge is 0.293 e. The second-order valence-corrected chi connectivity index (χ2v) is 11.2. The number of hydrogen-bond acceptors (Lipinski definition) is 4. The van der Waals surface area contributed by atoms with E-state index >= 15 is 0 Å². The highest BCUT2D eigenvalue weighted by Crippen LogP contribution is 2.41. The standard InChI is InChI=1S/C40H25N5/c1-4-13-35-26(9-1)15-18-36(44-35)28-17-20-39(43-25-28)45-38-19-16-27(34-12-5-7-21-41-34)23-32(38)33-24-31(37-14-6-8-22-42-37)29-10-2-3-11-30(29)40(33)45/h1-25H. The third kappa shape index (κ3) is 4.17. The van der Waals surface area contributed by atoms with E-state index in [9.17, 15) is 0 Å². The first-order valence-electron chi connectivity index (χ1n) is 15.0. The molecule has 210 valence electrons. The Morgan fingerprint density at radius 3 is 2.02 bits per heavy atom. The van der Waals surface area contributed by atoms with Gasteiger partial charge in [0.15, 0.2) is 0 Å². The maximum Gasteiger partial charge on any atom is 0.137 e. The van der Waals surface area contributed by atoms with Crippen molar-refractivity contribution in [2.75, 3.05) is 0 Å². The van der Waals surface area contributed by atoms with Crippen molar-refractivity contribution < 1.29 is 0 Å². The van der Waals surface area contributed by atoms with Crippen molar-refractivity contribution in [2.24, 2.45) is 0 Å². The van der Waals surface area contributed by atoms with E-state index in [4.69, 9.17) is 15.0 Å². The molecule has 0 amide bonds. The minimum atomic E-state index is 0.848. The van der Waals surface area contributed by atoms with Gasteiger partial charge >= 0.3 is 0 Å². The van der Waals surface area contributed by atoms with E-state index in [0.29, 0.717) is 0 Å². The molecule has 0 aliphatic heterocycles. The molecule has 0 bridgehead atoms. The Balaban J connectivity index is 1.31. The van der Waals surface area contributed by atoms with Gasteiger partial charge < -0.3 is 0 Å². The number of rotatable bonds is 4. The third-order valence-corrected chi connectivity index (χ3v) is 8.54. The molecule has 0 radical (unpaired) electrons. The number of pyridine rings is 4. The van der Waals surface area contributed by atoms with Gasteiger partial charge in [0, 0.05) is 56.8 Å². The van der Waals surface area contributed by atoms with Crippen molar-refractivity contribution in [3.8, 4) is 39.6 Å². The van der Waals surface area contributed by atoms with Crippen LogP contribution in [0.1, 0.15) is 0 Å². The fourth-order valence-electron chi connectivity index (χ4n) is 6.43. The van der Waals surface area contributed by atoms with Gasteiger partial charge in [-0.15, -0.1) is 0 Å². The zero-order valence-electron chi connectivity index (χ0n) is 24.2. The first-order chi connectivity index (χ1) is 22.3. The molecule has 5 aromatic heterocycles. The average Bonchev–Trinajstić information content (AvgIpc) is 3.45. The van der Waals surface area contributed by atoms with Crippen LogP contribution in [0.3, 0.4) is 0 Å². The Kier molecular flexibility index (Phi) is 5.74. The molecule has 0 saturated carbocycles. The minimum absolute atomic E-state index is 0.848. The van der Waals surface area contributed by atoms with E-state index in [2.05, 4.69) is 101 Å². The molecule has 0 aliphatic carbocycles. The molecule has 0 unspecified atom stereocenters. The summed E-state index contributed by atoms with van der Waals surface area (Å²) in [6, 6.07) is 46.1. The van der Waals surface area contributed by atoms with Gasteiger partial charge in [-0.1, -0.05) is 66.7 Å². The number of para-hydroxylation sites is 1. The summed E-state index contributed by atoms with van der Waals surface area (Å²) < 4.78 is 2.29. The van der Waals surface area contributed by atoms with Crippen LogP contribution in [0, 0.1) is 0 Å². The predicted molar refractivity (Wildman–Crippen MR) is 183 cm³/mol. The molecule has 9 aromatic rings. The number of fused-ring (bicyclic) bond motifs is 6. The Hall–Kier alpha value is -6.20. The number of benzene rings is 4. The van der Waals surface area contributed by atoms with Gasteiger partial charge in [0.05, 0.1) is 33.6 Å². The number of nitrogens with zero attached hydrogens (tertiary/aromatic N) is 5. The Labute approximate surface area is 259 Å². The first kappa shape index (κ1) is 25.3. The lowest BCUT2D eigenvalue weighted by Gasteiger charge is -2.12. The quantitative estimate of drug-likeness (QED) is 0.210. The van der Waals surface area contributed by atoms with Gasteiger partial charge in [-0.3, -0.25) is 14.5 Å². The van der Waals surface area contributed by atoms with Gasteiger partial charge in [0.1, 0.15) is 5.82 Å². The topological polar surface area (TPSA) is 56.5 Å². The van der Waals surface area contributed by atoms with Crippen LogP contribution in [0.15, 0.2) is 152 Å². The van der Waals surface area contributed by atoms with Crippen LogP contribution in [0.4, 0.5) is 0 Å². The summed E-state index contributed by atoms with van der Waals surface area (Å²) in [4.78, 5) is 19.3. The highest BCUT2D eigenvalue weighted by Gasteiger charge is 2.20. The second kappa shape index (κ2) is 10.2. The zero-order valence-corrected chi connectivity index (χ0v) is 24.2. The maximum atomic E-state index is 5.04. The van der Waals surface area contributed by atoms with Crippen LogP contribution < -0.4 is 0 Å². The summed E-state index contributed by atoms with van der Waals surface area (Å²) in [6.07, 6.45) is 5.62. The zero-order chi connectivity index (χ0) is 29.7. The molecule has 5 heteroatoms. The number of hydrogen-bond donors (Lipinski definition) is 0. The lowest BCUT2D eigenvalue weighted by Crippen LogP contribution is -1.98. The summed E-state index contributed by atoms with van der Waals surface area (Å²) >= 11 is 0. The average molecular weight is 576 g/mol. The summed E-state index contributed by atoms with van der Waals surface area (Å²) in [5.41, 5.74) is 9.11. The molecule has 0 N–H and O–H groups in total. The molecule has 4 aromatic carbocycles. The Morgan fingerprint density at radius 2 is 1.22 bits per heavy atom. The van der Waals surface area contributed by atoms with Gasteiger partial charge in [0.2, 0.25) is 0 Å². The lowest BCUT2D eigenvalue weighted by atomic mass is 9.97. The third-order valence-electron chi connectivity index (χ3n) is 8.54. The highest BCUT2D eigenvalue weighted by atomic mass is 15.1. The van der Waals surface area contributed by atoms with Crippen molar-refractivity contribution in [3.05, 3.63) is 152 Å². The fourth-order valence-corrected chi connectivity index (χ4v) is 6.43. The molecule has 0 fully saturated rings. The Bertz CT molecular complexity index is 2520. The van der Waals surface area contributed by atoms with E-state index in [0.717, 1.165) is 83.1 Å². The Morgan fingerprint density at radius 1 is 0.467 bits per heavy atom. The molecule has 0 spiro atoms. The monoisotopic (exact) mass is 575 g/mol. The lowest BCUT2D eigenvalue weighted by molar-refractivity contribution is 1.08. The fraction of sp³-hybridized carbons (Fsp3) is 0. The molecular formula is C40H25N5. The van der Waals surface area contributed by atoms with E-state index < -0.39 is 0 Å². The highest BCUT2D eigenvalue weighted by molar-refractivity contribution is 6.22. The van der Waals surface area contributed by atoms with Crippen molar-refractivity contribution in [3.63, 3.8) is 0 Å². The van der Waals surface area contributed by atoms with E-state index in [1.165, 1.54) is 0 Å². The molecule has 0 atom stereocenters. The molecular weight excluding hydrogens is 550 g/mol. The second-order valence-electron chi connectivity index (χ2n) is 11.2. The van der Waals surface area contributed by atoms with Crippen LogP contribution in [-0.4, -0.2) is 24.5 Å². The van der Waals surface area contributed by atoms with Crippen LogP contribution in [0.25, 0.3) is 83.1 Å². The summed E-state index contributed by atoms with van der Waals surface area (Å²) in [7, 11) is 0. The van der Waals surface area contributed by atoms with E-state index in [-0.39, 0.29) is 0 Å². The van der Waals surface area contributed by atoms with Gasteiger partial charge in [0.25, 0.3) is 0 Å². The van der Waals surface area contributed by atoms with Gasteiger partial charge in [-0.05, 0) is 72.1 Å². The predicted octanol–water partition coefficient (Wildman–Crippen LogP) is 9.67. The van der Waals surface area contributed by atoms with E-state index in [1.807, 2.05) is 61.1 Å². The molecule has 5 nitrogen and oxygen atoms in total. The van der Waals surface area contributed by atoms with Gasteiger partial charge in [-0.2, -0.15) is 0 Å². The molecule has 5 heterocycles. The van der Waals surface area contributed by atoms with Crippen LogP contribution >= 0.6 is 0 Å². The summed E-state index contributed by atoms with van der Waals surface area (Å²) in [5, 5.41) is 5.70. The van der Waals surface area contributed by atoms with Crippen LogP contribution in [0.5, 0.6) is 0 Å². The van der Waals surface area contributed by atoms with Crippen molar-refractivity contribution in [2.45, 2.75) is 0 Å². The normalized spacial score (nSPS) is 11.6. The number of aromatic nitrogens is 5. The molecule has 45 heavy (non-hydrogen) atoms. The van der Waals surface area contributed by atoms with Crippen molar-refractivity contribution >= 4 is 43.5 Å². The maximum absolute atomic E-state index is 5.04. The molecule has 9 rings (SSSR count). The summed E-state index contributed by atoms with van der Waals surface area (Å²) in [5.74, 6) is 0.848. The summed E-state index contributed by atoms with van der Waals surface area (Å²) in [6.45, 7) is 0. The smallest absolute Gasteiger partial charge is 0.137 e. The van der Waals surface area contributed by atoms with Crippen molar-refractivity contribution in [1.82, 2.24) is 24.5 Å². The van der Waals surface area contributed by atoms with E-state index in [1.54, 1.807) is 0 Å².